The van der Waals surface area contributed by atoms with Crippen molar-refractivity contribution in [2.45, 2.75) is 42.6 Å². The van der Waals surface area contributed by atoms with Crippen molar-refractivity contribution in [3.63, 3.8) is 0 Å². The van der Waals surface area contributed by atoms with Crippen LogP contribution in [0.1, 0.15) is 49.5 Å². The molecule has 0 bridgehead atoms. The normalized spacial score (nSPS) is 12.2. The zero-order chi connectivity index (χ0) is 15.4. The number of aliphatic hydroxyl groups is 1. The number of rotatable bonds is 4. The molecule has 0 aliphatic rings. The van der Waals surface area contributed by atoms with Gasteiger partial charge in [-0.3, -0.25) is 0 Å². The molecule has 0 aliphatic heterocycles. The minimum atomic E-state index is -0.546. The molecule has 2 nitrogen and oxygen atoms in total. The molecule has 1 N–H and O–H groups in total. The van der Waals surface area contributed by atoms with Crippen LogP contribution < -0.4 is 0 Å². The summed E-state index contributed by atoms with van der Waals surface area (Å²) in [7, 11) is 0. The molecular formula is C18H19NOS. The van der Waals surface area contributed by atoms with Crippen LogP contribution in [0.3, 0.4) is 0 Å². The van der Waals surface area contributed by atoms with Crippen LogP contribution in [-0.4, -0.2) is 5.11 Å². The van der Waals surface area contributed by atoms with Crippen molar-refractivity contribution in [1.82, 2.24) is 0 Å². The quantitative estimate of drug-likeness (QED) is 0.874. The molecule has 0 radical (unpaired) electrons. The van der Waals surface area contributed by atoms with E-state index in [1.807, 2.05) is 12.1 Å². The van der Waals surface area contributed by atoms with Gasteiger partial charge in [0.25, 0.3) is 0 Å². The molecule has 21 heavy (non-hydrogen) atoms. The molecule has 1 unspecified atom stereocenters. The monoisotopic (exact) mass is 297 g/mol. The fraction of sp³-hybridized carbons (Fsp3) is 0.278. The van der Waals surface area contributed by atoms with Gasteiger partial charge in [0.05, 0.1) is 17.7 Å². The van der Waals surface area contributed by atoms with E-state index in [4.69, 9.17) is 5.26 Å². The third-order valence-corrected chi connectivity index (χ3v) is 4.45. The molecule has 0 aromatic heterocycles. The van der Waals surface area contributed by atoms with Crippen molar-refractivity contribution in [2.75, 3.05) is 0 Å². The zero-order valence-electron chi connectivity index (χ0n) is 12.5. The summed E-state index contributed by atoms with van der Waals surface area (Å²) in [6.07, 6.45) is -0.546. The number of benzene rings is 2. The van der Waals surface area contributed by atoms with Gasteiger partial charge in [0, 0.05) is 9.79 Å². The lowest BCUT2D eigenvalue weighted by atomic mass is 10.0. The van der Waals surface area contributed by atoms with Crippen LogP contribution in [0.2, 0.25) is 0 Å². The lowest BCUT2D eigenvalue weighted by Crippen LogP contribution is -1.95. The van der Waals surface area contributed by atoms with Gasteiger partial charge in [-0.2, -0.15) is 5.26 Å². The van der Waals surface area contributed by atoms with E-state index in [9.17, 15) is 5.11 Å². The van der Waals surface area contributed by atoms with Crippen LogP contribution in [-0.2, 0) is 0 Å². The number of nitrogens with zero attached hydrogens (tertiary/aromatic N) is 1. The second-order valence-electron chi connectivity index (χ2n) is 5.37. The largest absolute Gasteiger partial charge is 0.389 e. The highest BCUT2D eigenvalue weighted by Crippen LogP contribution is 2.34. The molecule has 108 valence electrons. The van der Waals surface area contributed by atoms with E-state index >= 15 is 0 Å². The van der Waals surface area contributed by atoms with Crippen LogP contribution >= 0.6 is 11.8 Å². The lowest BCUT2D eigenvalue weighted by molar-refractivity contribution is 0.196. The van der Waals surface area contributed by atoms with Crippen molar-refractivity contribution in [3.8, 4) is 6.07 Å². The van der Waals surface area contributed by atoms with Crippen LogP contribution in [0.15, 0.2) is 52.3 Å². The Labute approximate surface area is 130 Å². The molecule has 3 heteroatoms. The summed E-state index contributed by atoms with van der Waals surface area (Å²) in [6, 6.07) is 16.0. The molecule has 0 amide bonds. The van der Waals surface area contributed by atoms with E-state index in [1.165, 1.54) is 5.56 Å². The molecular weight excluding hydrogens is 278 g/mol. The summed E-state index contributed by atoms with van der Waals surface area (Å²) in [6.45, 7) is 6.08. The Kier molecular flexibility index (Phi) is 5.06. The van der Waals surface area contributed by atoms with Crippen molar-refractivity contribution in [1.29, 1.82) is 5.26 Å². The Balaban J connectivity index is 2.31. The van der Waals surface area contributed by atoms with E-state index in [0.717, 1.165) is 15.4 Å². The van der Waals surface area contributed by atoms with Gasteiger partial charge in [0.15, 0.2) is 0 Å². The Morgan fingerprint density at radius 3 is 2.24 bits per heavy atom. The Morgan fingerprint density at radius 1 is 1.05 bits per heavy atom. The fourth-order valence-electron chi connectivity index (χ4n) is 2.09. The van der Waals surface area contributed by atoms with Gasteiger partial charge in [0.1, 0.15) is 0 Å². The Bertz CT molecular complexity index is 654. The Morgan fingerprint density at radius 2 is 1.71 bits per heavy atom. The number of hydrogen-bond acceptors (Lipinski definition) is 3. The fourth-order valence-corrected chi connectivity index (χ4v) is 3.15. The molecule has 2 aromatic carbocycles. The summed E-state index contributed by atoms with van der Waals surface area (Å²) >= 11 is 1.58. The van der Waals surface area contributed by atoms with Crippen LogP contribution in [0.25, 0.3) is 0 Å². The van der Waals surface area contributed by atoms with Gasteiger partial charge in [-0.1, -0.05) is 43.8 Å². The second-order valence-corrected chi connectivity index (χ2v) is 6.48. The highest BCUT2D eigenvalue weighted by Gasteiger charge is 2.10. The highest BCUT2D eigenvalue weighted by atomic mass is 32.2. The third-order valence-electron chi connectivity index (χ3n) is 3.37. The lowest BCUT2D eigenvalue weighted by Gasteiger charge is -2.12. The Hall–Kier alpha value is -1.76. The van der Waals surface area contributed by atoms with Gasteiger partial charge >= 0.3 is 0 Å². The molecule has 2 aromatic rings. The molecule has 0 aliphatic carbocycles. The van der Waals surface area contributed by atoms with Gasteiger partial charge in [-0.25, -0.2) is 0 Å². The van der Waals surface area contributed by atoms with Gasteiger partial charge in [-0.05, 0) is 48.2 Å². The van der Waals surface area contributed by atoms with Crippen molar-refractivity contribution < 1.29 is 5.11 Å². The first kappa shape index (κ1) is 15.6. The molecule has 0 saturated carbocycles. The molecule has 2 rings (SSSR count). The van der Waals surface area contributed by atoms with Crippen molar-refractivity contribution in [2.24, 2.45) is 0 Å². The molecule has 0 spiro atoms. The summed E-state index contributed by atoms with van der Waals surface area (Å²) < 4.78 is 0. The maximum absolute atomic E-state index is 9.87. The summed E-state index contributed by atoms with van der Waals surface area (Å²) in [5, 5.41) is 18.9. The van der Waals surface area contributed by atoms with E-state index in [1.54, 1.807) is 24.8 Å². The van der Waals surface area contributed by atoms with Crippen LogP contribution in [0.5, 0.6) is 0 Å². The van der Waals surface area contributed by atoms with E-state index in [0.29, 0.717) is 11.5 Å². The average Bonchev–Trinajstić information content (AvgIpc) is 2.47. The van der Waals surface area contributed by atoms with Crippen molar-refractivity contribution >= 4 is 11.8 Å². The third kappa shape index (κ3) is 3.87. The second kappa shape index (κ2) is 6.80. The number of nitriles is 1. The number of aliphatic hydroxyl groups excluding tert-OH is 1. The standard InChI is InChI=1S/C18H19NOS/c1-12(2)15-5-7-16(8-6-15)21-18-10-14(11-19)4-9-17(18)13(3)20/h4-10,12-13,20H,1-3H3. The van der Waals surface area contributed by atoms with E-state index in [-0.39, 0.29) is 0 Å². The van der Waals surface area contributed by atoms with Crippen LogP contribution in [0, 0.1) is 11.3 Å². The van der Waals surface area contributed by atoms with E-state index in [2.05, 4.69) is 44.2 Å². The van der Waals surface area contributed by atoms with Gasteiger partial charge in [-0.15, -0.1) is 0 Å². The summed E-state index contributed by atoms with van der Waals surface area (Å²) in [5.74, 6) is 0.513. The molecule has 0 fully saturated rings. The first-order valence-electron chi connectivity index (χ1n) is 7.01. The molecule has 0 saturated heterocycles. The minimum Gasteiger partial charge on any atom is -0.389 e. The van der Waals surface area contributed by atoms with Gasteiger partial charge in [0.2, 0.25) is 0 Å². The highest BCUT2D eigenvalue weighted by molar-refractivity contribution is 7.99. The first-order valence-corrected chi connectivity index (χ1v) is 7.83. The van der Waals surface area contributed by atoms with Gasteiger partial charge < -0.3 is 5.11 Å². The molecule has 0 heterocycles. The molecule has 1 atom stereocenters. The average molecular weight is 297 g/mol. The zero-order valence-corrected chi connectivity index (χ0v) is 13.3. The summed E-state index contributed by atoms with van der Waals surface area (Å²) in [4.78, 5) is 2.04. The maximum Gasteiger partial charge on any atom is 0.0992 e. The topological polar surface area (TPSA) is 44.0 Å². The smallest absolute Gasteiger partial charge is 0.0992 e. The minimum absolute atomic E-state index is 0.513. The first-order chi connectivity index (χ1) is 10.0. The van der Waals surface area contributed by atoms with Crippen LogP contribution in [0.4, 0.5) is 0 Å². The summed E-state index contributed by atoms with van der Waals surface area (Å²) in [5.41, 5.74) is 2.77. The maximum atomic E-state index is 9.87. The predicted octanol–water partition coefficient (Wildman–Crippen LogP) is 4.89. The number of hydrogen-bond donors (Lipinski definition) is 1. The SMILES string of the molecule is CC(C)c1ccc(Sc2cc(C#N)ccc2C(C)O)cc1. The predicted molar refractivity (Wildman–Crippen MR) is 86.4 cm³/mol. The van der Waals surface area contributed by atoms with E-state index < -0.39 is 6.10 Å². The van der Waals surface area contributed by atoms with Crippen molar-refractivity contribution in [3.05, 3.63) is 59.2 Å².